The van der Waals surface area contributed by atoms with Gasteiger partial charge in [-0.15, -0.1) is 0 Å². The molecule has 20 heavy (non-hydrogen) atoms. The van der Waals surface area contributed by atoms with Gasteiger partial charge in [-0.3, -0.25) is 4.79 Å². The van der Waals surface area contributed by atoms with Gasteiger partial charge in [-0.25, -0.2) is 0 Å². The highest BCUT2D eigenvalue weighted by atomic mass is 16.5. The third-order valence-corrected chi connectivity index (χ3v) is 4.18. The third-order valence-electron chi connectivity index (χ3n) is 4.18. The quantitative estimate of drug-likeness (QED) is 0.789. The van der Waals surface area contributed by atoms with Gasteiger partial charge in [0.05, 0.1) is 5.92 Å². The van der Waals surface area contributed by atoms with E-state index in [2.05, 4.69) is 19.1 Å². The molecule has 2 heteroatoms. The van der Waals surface area contributed by atoms with E-state index in [1.807, 2.05) is 48.5 Å². The molecule has 1 aliphatic rings. The van der Waals surface area contributed by atoms with Crippen molar-refractivity contribution in [3.63, 3.8) is 0 Å². The summed E-state index contributed by atoms with van der Waals surface area (Å²) in [4.78, 5) is 12.1. The normalized spacial score (nSPS) is 24.1. The van der Waals surface area contributed by atoms with Gasteiger partial charge in [-0.1, -0.05) is 67.6 Å². The number of carbonyl (C=O) groups is 1. The lowest BCUT2D eigenvalue weighted by Crippen LogP contribution is -2.14. The van der Waals surface area contributed by atoms with Crippen LogP contribution in [0.2, 0.25) is 0 Å². The maximum Gasteiger partial charge on any atom is 0.310 e. The molecule has 1 fully saturated rings. The average molecular weight is 266 g/mol. The molecule has 0 radical (unpaired) electrons. The Labute approximate surface area is 119 Å². The topological polar surface area (TPSA) is 26.3 Å². The van der Waals surface area contributed by atoms with Crippen LogP contribution in [0.5, 0.6) is 0 Å². The molecule has 1 aliphatic carbocycles. The Balaban J connectivity index is 1.60. The summed E-state index contributed by atoms with van der Waals surface area (Å²) in [6.45, 7) is 2.50. The van der Waals surface area contributed by atoms with Gasteiger partial charge in [0, 0.05) is 5.41 Å². The molecule has 0 N–H and O–H groups in total. The van der Waals surface area contributed by atoms with Crippen molar-refractivity contribution >= 4 is 5.97 Å². The van der Waals surface area contributed by atoms with Gasteiger partial charge in [0.25, 0.3) is 0 Å². The van der Waals surface area contributed by atoms with Crippen LogP contribution in [0.15, 0.2) is 60.7 Å². The first-order valence-electron chi connectivity index (χ1n) is 6.96. The highest BCUT2D eigenvalue weighted by Gasteiger charge is 2.56. The van der Waals surface area contributed by atoms with Crippen molar-refractivity contribution in [3.8, 4) is 0 Å². The van der Waals surface area contributed by atoms with Crippen molar-refractivity contribution in [3.05, 3.63) is 71.8 Å². The van der Waals surface area contributed by atoms with E-state index >= 15 is 0 Å². The van der Waals surface area contributed by atoms with E-state index in [4.69, 9.17) is 4.74 Å². The molecule has 0 unspecified atom stereocenters. The van der Waals surface area contributed by atoms with Gasteiger partial charge >= 0.3 is 5.97 Å². The molecule has 0 saturated heterocycles. The third kappa shape index (κ3) is 2.46. The average Bonchev–Trinajstić information content (AvgIpc) is 3.20. The van der Waals surface area contributed by atoms with Gasteiger partial charge in [-0.05, 0) is 17.5 Å². The molecule has 0 spiro atoms. The van der Waals surface area contributed by atoms with Crippen molar-refractivity contribution in [2.75, 3.05) is 0 Å². The van der Waals surface area contributed by atoms with E-state index in [1.54, 1.807) is 0 Å². The zero-order valence-electron chi connectivity index (χ0n) is 11.6. The molecule has 0 heterocycles. The van der Waals surface area contributed by atoms with E-state index in [1.165, 1.54) is 5.56 Å². The molecule has 3 rings (SSSR count). The van der Waals surface area contributed by atoms with E-state index in [0.29, 0.717) is 6.61 Å². The van der Waals surface area contributed by atoms with Crippen LogP contribution in [0, 0.1) is 5.92 Å². The molecule has 2 nitrogen and oxygen atoms in total. The summed E-state index contributed by atoms with van der Waals surface area (Å²) in [7, 11) is 0. The minimum atomic E-state index is -0.0831. The Morgan fingerprint density at radius 3 is 2.35 bits per heavy atom. The lowest BCUT2D eigenvalue weighted by Gasteiger charge is -2.11. The van der Waals surface area contributed by atoms with Gasteiger partial charge in [0.1, 0.15) is 6.61 Å². The van der Waals surface area contributed by atoms with Crippen LogP contribution >= 0.6 is 0 Å². The Bertz CT molecular complexity index is 591. The second-order valence-corrected chi connectivity index (χ2v) is 5.63. The standard InChI is InChI=1S/C18H18O2/c1-18(15-10-6-3-7-11-15)12-16(18)17(19)20-13-14-8-4-2-5-9-14/h2-11,16H,12-13H2,1H3/t16-,18-/m1/s1. The van der Waals surface area contributed by atoms with Gasteiger partial charge in [-0.2, -0.15) is 0 Å². The lowest BCUT2D eigenvalue weighted by molar-refractivity contribution is -0.147. The summed E-state index contributed by atoms with van der Waals surface area (Å²) in [5.74, 6) is -0.0891. The molecule has 0 bridgehead atoms. The molecular formula is C18H18O2. The molecule has 102 valence electrons. The molecule has 0 aromatic heterocycles. The second kappa shape index (κ2) is 5.12. The number of ether oxygens (including phenoxy) is 1. The van der Waals surface area contributed by atoms with Crippen LogP contribution in [0.25, 0.3) is 0 Å². The maximum absolute atomic E-state index is 12.1. The van der Waals surface area contributed by atoms with E-state index < -0.39 is 0 Å². The van der Waals surface area contributed by atoms with Crippen molar-refractivity contribution in [2.24, 2.45) is 5.92 Å². The SMILES string of the molecule is C[C@]1(c2ccccc2)C[C@@H]1C(=O)OCc1ccccc1. The smallest absolute Gasteiger partial charge is 0.310 e. The number of rotatable bonds is 4. The molecule has 2 atom stereocenters. The zero-order chi connectivity index (χ0) is 14.0. The summed E-state index contributed by atoms with van der Waals surface area (Å²) < 4.78 is 5.43. The van der Waals surface area contributed by atoms with Crippen molar-refractivity contribution < 1.29 is 9.53 Å². The first-order chi connectivity index (χ1) is 9.70. The first kappa shape index (κ1) is 12.9. The summed E-state index contributed by atoms with van der Waals surface area (Å²) in [6.07, 6.45) is 0.880. The fourth-order valence-corrected chi connectivity index (χ4v) is 2.68. The monoisotopic (exact) mass is 266 g/mol. The van der Waals surface area contributed by atoms with Crippen LogP contribution in [-0.2, 0) is 21.6 Å². The minimum absolute atomic E-state index is 0.00591. The fourth-order valence-electron chi connectivity index (χ4n) is 2.68. The second-order valence-electron chi connectivity index (χ2n) is 5.63. The lowest BCUT2D eigenvalue weighted by atomic mass is 9.96. The first-order valence-corrected chi connectivity index (χ1v) is 6.96. The van der Waals surface area contributed by atoms with Crippen LogP contribution in [-0.4, -0.2) is 5.97 Å². The van der Waals surface area contributed by atoms with E-state index in [0.717, 1.165) is 12.0 Å². The Morgan fingerprint density at radius 2 is 1.70 bits per heavy atom. The number of carbonyl (C=O) groups excluding carboxylic acids is 1. The minimum Gasteiger partial charge on any atom is -0.461 e. The Kier molecular flexibility index (Phi) is 3.31. The van der Waals surface area contributed by atoms with E-state index in [9.17, 15) is 4.79 Å². The maximum atomic E-state index is 12.1. The number of hydrogen-bond donors (Lipinski definition) is 0. The molecule has 1 saturated carbocycles. The molecule has 2 aromatic carbocycles. The number of benzene rings is 2. The molecule has 2 aromatic rings. The summed E-state index contributed by atoms with van der Waals surface area (Å²) in [5.41, 5.74) is 2.21. The predicted molar refractivity (Wildman–Crippen MR) is 78.1 cm³/mol. The van der Waals surface area contributed by atoms with Crippen molar-refractivity contribution in [1.29, 1.82) is 0 Å². The summed E-state index contributed by atoms with van der Waals surface area (Å²) in [6, 6.07) is 20.0. The van der Waals surface area contributed by atoms with Gasteiger partial charge in [0.15, 0.2) is 0 Å². The van der Waals surface area contributed by atoms with Crippen LogP contribution in [0.1, 0.15) is 24.5 Å². The number of hydrogen-bond acceptors (Lipinski definition) is 2. The Hall–Kier alpha value is -2.09. The largest absolute Gasteiger partial charge is 0.461 e. The predicted octanol–water partition coefficient (Wildman–Crippen LogP) is 3.71. The highest BCUT2D eigenvalue weighted by molar-refractivity contribution is 5.79. The molecule has 0 amide bonds. The summed E-state index contributed by atoms with van der Waals surface area (Å²) >= 11 is 0. The molecular weight excluding hydrogens is 248 g/mol. The van der Waals surface area contributed by atoms with Crippen LogP contribution in [0.4, 0.5) is 0 Å². The Morgan fingerprint density at radius 1 is 1.10 bits per heavy atom. The van der Waals surface area contributed by atoms with Crippen molar-refractivity contribution in [1.82, 2.24) is 0 Å². The van der Waals surface area contributed by atoms with Crippen molar-refractivity contribution in [2.45, 2.75) is 25.4 Å². The van der Waals surface area contributed by atoms with Gasteiger partial charge < -0.3 is 4.74 Å². The molecule has 0 aliphatic heterocycles. The highest BCUT2D eigenvalue weighted by Crippen LogP contribution is 2.54. The zero-order valence-corrected chi connectivity index (χ0v) is 11.6. The fraction of sp³-hybridized carbons (Fsp3) is 0.278. The van der Waals surface area contributed by atoms with Gasteiger partial charge in [0.2, 0.25) is 0 Å². The van der Waals surface area contributed by atoms with E-state index in [-0.39, 0.29) is 17.3 Å². The van der Waals surface area contributed by atoms with Crippen LogP contribution in [0.3, 0.4) is 0 Å². The van der Waals surface area contributed by atoms with Crippen LogP contribution < -0.4 is 0 Å². The number of esters is 1. The summed E-state index contributed by atoms with van der Waals surface area (Å²) in [5, 5.41) is 0.